The lowest BCUT2D eigenvalue weighted by atomic mass is 9.84. The summed E-state index contributed by atoms with van der Waals surface area (Å²) >= 11 is 4.30. The number of benzene rings is 1. The third-order valence-electron chi connectivity index (χ3n) is 3.81. The van der Waals surface area contributed by atoms with Crippen LogP contribution in [0, 0.1) is 0 Å². The number of thiol groups is 1. The highest BCUT2D eigenvalue weighted by Crippen LogP contribution is 2.35. The third kappa shape index (κ3) is 3.87. The first-order valence-electron chi connectivity index (χ1n) is 7.40. The second kappa shape index (κ2) is 6.01. The molecule has 5 nitrogen and oxygen atoms in total. The van der Waals surface area contributed by atoms with Crippen LogP contribution < -0.4 is 5.73 Å². The smallest absolute Gasteiger partial charge is 0.410 e. The van der Waals surface area contributed by atoms with Gasteiger partial charge in [-0.15, -0.1) is 12.6 Å². The van der Waals surface area contributed by atoms with Gasteiger partial charge in [-0.05, 0) is 51.3 Å². The van der Waals surface area contributed by atoms with Gasteiger partial charge in [0.1, 0.15) is 5.60 Å². The van der Waals surface area contributed by atoms with Crippen LogP contribution in [0.2, 0.25) is 0 Å². The molecule has 1 amide bonds. The highest BCUT2D eigenvalue weighted by Gasteiger charge is 2.36. The van der Waals surface area contributed by atoms with Crippen LogP contribution in [0.3, 0.4) is 0 Å². The van der Waals surface area contributed by atoms with E-state index in [0.717, 1.165) is 5.56 Å². The summed E-state index contributed by atoms with van der Waals surface area (Å²) < 4.78 is 5.36. The predicted molar refractivity (Wildman–Crippen MR) is 89.0 cm³/mol. The Hall–Kier alpha value is -1.40. The molecule has 0 bridgehead atoms. The van der Waals surface area contributed by atoms with Crippen molar-refractivity contribution in [3.05, 3.63) is 23.8 Å². The summed E-state index contributed by atoms with van der Waals surface area (Å²) in [4.78, 5) is 14.3. The van der Waals surface area contributed by atoms with E-state index < -0.39 is 11.2 Å². The van der Waals surface area contributed by atoms with Crippen molar-refractivity contribution >= 4 is 24.4 Å². The van der Waals surface area contributed by atoms with Crippen LogP contribution in [-0.2, 0) is 10.3 Å². The number of anilines is 1. The summed E-state index contributed by atoms with van der Waals surface area (Å²) in [6.45, 7) is 6.44. The average molecular weight is 324 g/mol. The normalized spacial score (nSPS) is 18.1. The molecule has 6 heteroatoms. The van der Waals surface area contributed by atoms with Gasteiger partial charge in [-0.1, -0.05) is 6.07 Å². The zero-order chi connectivity index (χ0) is 16.5. The lowest BCUT2D eigenvalue weighted by molar-refractivity contribution is -0.0357. The van der Waals surface area contributed by atoms with Crippen molar-refractivity contribution in [1.82, 2.24) is 4.90 Å². The van der Waals surface area contributed by atoms with E-state index in [1.807, 2.05) is 26.8 Å². The molecule has 0 spiro atoms. The Kier molecular flexibility index (Phi) is 4.63. The van der Waals surface area contributed by atoms with E-state index in [1.54, 1.807) is 17.0 Å². The van der Waals surface area contributed by atoms with Crippen molar-refractivity contribution in [3.63, 3.8) is 0 Å². The molecule has 22 heavy (non-hydrogen) atoms. The molecule has 0 aromatic heterocycles. The van der Waals surface area contributed by atoms with E-state index >= 15 is 0 Å². The number of piperidine rings is 1. The first-order valence-corrected chi connectivity index (χ1v) is 7.85. The average Bonchev–Trinajstić information content (AvgIpc) is 2.40. The SMILES string of the molecule is CC(C)(C)OC(=O)N1CCC(O)(c2ccc(N)c(S)c2)CC1. The maximum Gasteiger partial charge on any atom is 0.410 e. The van der Waals surface area contributed by atoms with Crippen molar-refractivity contribution in [1.29, 1.82) is 0 Å². The van der Waals surface area contributed by atoms with Gasteiger partial charge in [0.2, 0.25) is 0 Å². The molecule has 3 N–H and O–H groups in total. The molecule has 1 aliphatic heterocycles. The highest BCUT2D eigenvalue weighted by atomic mass is 32.1. The monoisotopic (exact) mass is 324 g/mol. The zero-order valence-corrected chi connectivity index (χ0v) is 14.2. The van der Waals surface area contributed by atoms with E-state index in [-0.39, 0.29) is 6.09 Å². The fourth-order valence-corrected chi connectivity index (χ4v) is 2.72. The van der Waals surface area contributed by atoms with Gasteiger partial charge >= 0.3 is 6.09 Å². The topological polar surface area (TPSA) is 75.8 Å². The minimum Gasteiger partial charge on any atom is -0.444 e. The summed E-state index contributed by atoms with van der Waals surface area (Å²) in [5.41, 5.74) is 5.66. The summed E-state index contributed by atoms with van der Waals surface area (Å²) in [6, 6.07) is 5.36. The van der Waals surface area contributed by atoms with E-state index in [9.17, 15) is 9.90 Å². The van der Waals surface area contributed by atoms with Crippen LogP contribution in [0.25, 0.3) is 0 Å². The number of nitrogen functional groups attached to an aromatic ring is 1. The number of carbonyl (C=O) groups is 1. The Morgan fingerprint density at radius 2 is 1.95 bits per heavy atom. The molecule has 0 atom stereocenters. The molecule has 1 aromatic carbocycles. The molecule has 122 valence electrons. The summed E-state index contributed by atoms with van der Waals surface area (Å²) in [5.74, 6) is 0. The molecule has 1 heterocycles. The van der Waals surface area contributed by atoms with Crippen LogP contribution in [0.15, 0.2) is 23.1 Å². The van der Waals surface area contributed by atoms with Gasteiger partial charge in [-0.2, -0.15) is 0 Å². The van der Waals surface area contributed by atoms with E-state index in [2.05, 4.69) is 12.6 Å². The number of nitrogens with two attached hydrogens (primary N) is 1. The molecule has 1 saturated heterocycles. The van der Waals surface area contributed by atoms with Crippen molar-refractivity contribution in [3.8, 4) is 0 Å². The number of carbonyl (C=O) groups excluding carboxylic acids is 1. The summed E-state index contributed by atoms with van der Waals surface area (Å²) in [5, 5.41) is 10.8. The van der Waals surface area contributed by atoms with Crippen LogP contribution in [-0.4, -0.2) is 34.8 Å². The summed E-state index contributed by atoms with van der Waals surface area (Å²) in [7, 11) is 0. The lowest BCUT2D eigenvalue weighted by Gasteiger charge is -2.39. The van der Waals surface area contributed by atoms with Gasteiger partial charge in [0.15, 0.2) is 0 Å². The minimum absolute atomic E-state index is 0.332. The number of nitrogens with zero attached hydrogens (tertiary/aromatic N) is 1. The van der Waals surface area contributed by atoms with Gasteiger partial charge in [0.25, 0.3) is 0 Å². The Morgan fingerprint density at radius 1 is 1.36 bits per heavy atom. The lowest BCUT2D eigenvalue weighted by Crippen LogP contribution is -2.46. The molecule has 2 rings (SSSR count). The van der Waals surface area contributed by atoms with Gasteiger partial charge in [0.05, 0.1) is 5.60 Å². The standard InChI is InChI=1S/C16H24N2O3S/c1-15(2,3)21-14(19)18-8-6-16(20,7-9-18)11-4-5-12(17)13(22)10-11/h4-5,10,20,22H,6-9,17H2,1-3H3. The zero-order valence-electron chi connectivity index (χ0n) is 13.3. The first-order chi connectivity index (χ1) is 10.1. The Morgan fingerprint density at radius 3 is 2.45 bits per heavy atom. The maximum atomic E-state index is 12.1. The molecule has 1 aliphatic rings. The maximum absolute atomic E-state index is 12.1. The van der Waals surface area contributed by atoms with Crippen LogP contribution >= 0.6 is 12.6 Å². The number of ether oxygens (including phenoxy) is 1. The van der Waals surface area contributed by atoms with Crippen molar-refractivity contribution < 1.29 is 14.6 Å². The van der Waals surface area contributed by atoms with Crippen LogP contribution in [0.1, 0.15) is 39.2 Å². The van der Waals surface area contributed by atoms with E-state index in [1.165, 1.54) is 0 Å². The minimum atomic E-state index is -0.955. The second-order valence-electron chi connectivity index (χ2n) is 6.77. The number of rotatable bonds is 1. The quantitative estimate of drug-likeness (QED) is 0.548. The van der Waals surface area contributed by atoms with Gasteiger partial charge < -0.3 is 20.5 Å². The van der Waals surface area contributed by atoms with Crippen molar-refractivity contribution in [2.75, 3.05) is 18.8 Å². The molecule has 0 saturated carbocycles. The van der Waals surface area contributed by atoms with E-state index in [4.69, 9.17) is 10.5 Å². The number of amides is 1. The number of hydrogen-bond donors (Lipinski definition) is 3. The first kappa shape index (κ1) is 17.0. The fourth-order valence-electron chi connectivity index (χ4n) is 2.51. The van der Waals surface area contributed by atoms with Crippen molar-refractivity contribution in [2.45, 2.75) is 49.7 Å². The van der Waals surface area contributed by atoms with Gasteiger partial charge in [-0.3, -0.25) is 0 Å². The van der Waals surface area contributed by atoms with Gasteiger partial charge in [-0.25, -0.2) is 4.79 Å². The largest absolute Gasteiger partial charge is 0.444 e. The fraction of sp³-hybridized carbons (Fsp3) is 0.562. The molecule has 1 fully saturated rings. The Labute approximate surface area is 136 Å². The number of aliphatic hydroxyl groups is 1. The Balaban J connectivity index is 2.04. The molecule has 0 aliphatic carbocycles. The molecular weight excluding hydrogens is 300 g/mol. The number of likely N-dealkylation sites (tertiary alicyclic amines) is 1. The molecule has 0 unspecified atom stereocenters. The predicted octanol–water partition coefficient (Wildman–Crippen LogP) is 2.78. The number of hydrogen-bond acceptors (Lipinski definition) is 5. The highest BCUT2D eigenvalue weighted by molar-refractivity contribution is 7.80. The summed E-state index contributed by atoms with van der Waals surface area (Å²) in [6.07, 6.45) is 0.592. The van der Waals surface area contributed by atoms with Crippen molar-refractivity contribution in [2.24, 2.45) is 0 Å². The van der Waals surface area contributed by atoms with E-state index in [0.29, 0.717) is 36.5 Å². The van der Waals surface area contributed by atoms with Crippen LogP contribution in [0.5, 0.6) is 0 Å². The van der Waals surface area contributed by atoms with Crippen LogP contribution in [0.4, 0.5) is 10.5 Å². The third-order valence-corrected chi connectivity index (χ3v) is 4.20. The molecule has 1 aromatic rings. The molecule has 0 radical (unpaired) electrons. The second-order valence-corrected chi connectivity index (χ2v) is 7.25. The molecular formula is C16H24N2O3S. The van der Waals surface area contributed by atoms with Gasteiger partial charge in [0, 0.05) is 23.7 Å². The Bertz CT molecular complexity index is 561.